The molecule has 0 aliphatic carbocycles. The van der Waals surface area contributed by atoms with Crippen molar-refractivity contribution in [3.05, 3.63) is 35.1 Å². The minimum Gasteiger partial charge on any atom is -0.336 e. The van der Waals surface area contributed by atoms with Crippen LogP contribution in [0.4, 0.5) is 4.39 Å². The van der Waals surface area contributed by atoms with Crippen molar-refractivity contribution in [1.29, 1.82) is 5.26 Å². The highest BCUT2D eigenvalue weighted by Crippen LogP contribution is 2.14. The van der Waals surface area contributed by atoms with Gasteiger partial charge in [0.2, 0.25) is 0 Å². The van der Waals surface area contributed by atoms with E-state index in [1.54, 1.807) is 11.8 Å². The summed E-state index contributed by atoms with van der Waals surface area (Å²) in [7, 11) is 0. The molecule has 2 rings (SSSR count). The van der Waals surface area contributed by atoms with E-state index in [4.69, 9.17) is 5.26 Å². The van der Waals surface area contributed by atoms with E-state index in [0.29, 0.717) is 43.9 Å². The average molecular weight is 261 g/mol. The lowest BCUT2D eigenvalue weighted by molar-refractivity contribution is 0.0651. The predicted octanol–water partition coefficient (Wildman–Crippen LogP) is 1.42. The fourth-order valence-electron chi connectivity index (χ4n) is 2.25. The summed E-state index contributed by atoms with van der Waals surface area (Å²) in [5.41, 5.74) is 1.21. The maximum atomic E-state index is 13.0. The quantitative estimate of drug-likeness (QED) is 0.756. The molecule has 1 fully saturated rings. The molecule has 0 unspecified atom stereocenters. The van der Waals surface area contributed by atoms with Crippen LogP contribution in [-0.2, 0) is 0 Å². The number of nitriles is 1. The highest BCUT2D eigenvalue weighted by atomic mass is 19.1. The number of carbonyl (C=O) groups is 1. The lowest BCUT2D eigenvalue weighted by atomic mass is 10.1. The van der Waals surface area contributed by atoms with Gasteiger partial charge in [-0.15, -0.1) is 0 Å². The molecule has 100 valence electrons. The minimum absolute atomic E-state index is 0.0610. The van der Waals surface area contributed by atoms with Crippen molar-refractivity contribution in [3.63, 3.8) is 0 Å². The fraction of sp³-hybridized carbons (Fsp3) is 0.429. The molecule has 5 heteroatoms. The lowest BCUT2D eigenvalue weighted by Crippen LogP contribution is -2.48. The Morgan fingerprint density at radius 1 is 1.37 bits per heavy atom. The molecule has 0 radical (unpaired) electrons. The minimum atomic E-state index is -0.326. The first-order chi connectivity index (χ1) is 9.11. The smallest absolute Gasteiger partial charge is 0.254 e. The average Bonchev–Trinajstić information content (AvgIpc) is 2.39. The van der Waals surface area contributed by atoms with Gasteiger partial charge in [0.05, 0.1) is 12.6 Å². The third kappa shape index (κ3) is 3.09. The van der Waals surface area contributed by atoms with Crippen LogP contribution in [0, 0.1) is 24.1 Å². The second-order valence-corrected chi connectivity index (χ2v) is 4.69. The Balaban J connectivity index is 2.03. The summed E-state index contributed by atoms with van der Waals surface area (Å²) >= 11 is 0. The molecule has 0 aromatic heterocycles. The zero-order chi connectivity index (χ0) is 13.8. The van der Waals surface area contributed by atoms with E-state index in [-0.39, 0.29) is 11.7 Å². The van der Waals surface area contributed by atoms with Crippen molar-refractivity contribution in [2.24, 2.45) is 0 Å². The molecule has 1 aliphatic heterocycles. The van der Waals surface area contributed by atoms with Crippen LogP contribution in [0.1, 0.15) is 15.9 Å². The van der Waals surface area contributed by atoms with Gasteiger partial charge in [0, 0.05) is 31.7 Å². The van der Waals surface area contributed by atoms with Crippen molar-refractivity contribution in [3.8, 4) is 6.07 Å². The zero-order valence-electron chi connectivity index (χ0n) is 10.9. The second kappa shape index (κ2) is 5.81. The number of hydrogen-bond donors (Lipinski definition) is 0. The summed E-state index contributed by atoms with van der Waals surface area (Å²) in [6, 6.07) is 6.33. The standard InChI is InChI=1S/C14H16FN3O/c1-11-10-12(15)2-3-13(11)14(19)18-8-6-17(5-4-16)7-9-18/h2-3,10H,5-9H2,1H3. The molecule has 1 aromatic carbocycles. The van der Waals surface area contributed by atoms with Crippen LogP contribution in [0.25, 0.3) is 0 Å². The summed E-state index contributed by atoms with van der Waals surface area (Å²) in [5, 5.41) is 8.63. The van der Waals surface area contributed by atoms with Gasteiger partial charge in [-0.05, 0) is 30.7 Å². The summed E-state index contributed by atoms with van der Waals surface area (Å²) in [4.78, 5) is 16.1. The van der Waals surface area contributed by atoms with Crippen molar-refractivity contribution < 1.29 is 9.18 Å². The van der Waals surface area contributed by atoms with E-state index in [2.05, 4.69) is 6.07 Å². The van der Waals surface area contributed by atoms with Crippen molar-refractivity contribution in [1.82, 2.24) is 9.80 Å². The van der Waals surface area contributed by atoms with Gasteiger partial charge in [-0.1, -0.05) is 0 Å². The number of benzene rings is 1. The number of piperazine rings is 1. The molecule has 4 nitrogen and oxygen atoms in total. The first-order valence-electron chi connectivity index (χ1n) is 6.26. The van der Waals surface area contributed by atoms with Crippen LogP contribution in [0.3, 0.4) is 0 Å². The first kappa shape index (κ1) is 13.5. The largest absolute Gasteiger partial charge is 0.336 e. The third-order valence-corrected chi connectivity index (χ3v) is 3.37. The number of hydrogen-bond acceptors (Lipinski definition) is 3. The molecule has 0 bridgehead atoms. The molecule has 1 aliphatic rings. The van der Waals surface area contributed by atoms with Gasteiger partial charge in [-0.2, -0.15) is 5.26 Å². The van der Waals surface area contributed by atoms with Gasteiger partial charge < -0.3 is 4.90 Å². The van der Waals surface area contributed by atoms with Crippen molar-refractivity contribution in [2.45, 2.75) is 6.92 Å². The topological polar surface area (TPSA) is 47.3 Å². The Hall–Kier alpha value is -1.93. The molecule has 0 N–H and O–H groups in total. The second-order valence-electron chi connectivity index (χ2n) is 4.69. The number of aryl methyl sites for hydroxylation is 1. The zero-order valence-corrected chi connectivity index (χ0v) is 10.9. The number of halogens is 1. The molecular weight excluding hydrogens is 245 g/mol. The summed E-state index contributed by atoms with van der Waals surface area (Å²) in [6.45, 7) is 4.77. The maximum absolute atomic E-state index is 13.0. The molecule has 0 spiro atoms. The van der Waals surface area contributed by atoms with Gasteiger partial charge in [0.1, 0.15) is 5.82 Å². The van der Waals surface area contributed by atoms with Gasteiger partial charge >= 0.3 is 0 Å². The maximum Gasteiger partial charge on any atom is 0.254 e. The molecule has 0 atom stereocenters. The predicted molar refractivity (Wildman–Crippen MR) is 69.1 cm³/mol. The van der Waals surface area contributed by atoms with Crippen LogP contribution in [-0.4, -0.2) is 48.4 Å². The SMILES string of the molecule is Cc1cc(F)ccc1C(=O)N1CCN(CC#N)CC1. The molecule has 0 saturated carbocycles. The lowest BCUT2D eigenvalue weighted by Gasteiger charge is -2.33. The molecule has 1 heterocycles. The number of nitrogens with zero attached hydrogens (tertiary/aromatic N) is 3. The van der Waals surface area contributed by atoms with E-state index in [1.165, 1.54) is 18.2 Å². The van der Waals surface area contributed by atoms with Gasteiger partial charge in [0.25, 0.3) is 5.91 Å². The van der Waals surface area contributed by atoms with Crippen molar-refractivity contribution in [2.75, 3.05) is 32.7 Å². The number of rotatable bonds is 2. The van der Waals surface area contributed by atoms with Crippen LogP contribution in [0.15, 0.2) is 18.2 Å². The first-order valence-corrected chi connectivity index (χ1v) is 6.26. The molecule has 1 aromatic rings. The third-order valence-electron chi connectivity index (χ3n) is 3.37. The van der Waals surface area contributed by atoms with Gasteiger partial charge in [0.15, 0.2) is 0 Å². The molecule has 1 amide bonds. The summed E-state index contributed by atoms with van der Waals surface area (Å²) in [5.74, 6) is -0.387. The Kier molecular flexibility index (Phi) is 4.13. The van der Waals surface area contributed by atoms with Crippen LogP contribution < -0.4 is 0 Å². The normalized spacial score (nSPS) is 16.2. The monoisotopic (exact) mass is 261 g/mol. The van der Waals surface area contributed by atoms with Gasteiger partial charge in [-0.25, -0.2) is 4.39 Å². The van der Waals surface area contributed by atoms with Crippen LogP contribution in [0.5, 0.6) is 0 Å². The molecular formula is C14H16FN3O. The van der Waals surface area contributed by atoms with E-state index in [9.17, 15) is 9.18 Å². The Bertz CT molecular complexity index is 516. The van der Waals surface area contributed by atoms with E-state index < -0.39 is 0 Å². The Morgan fingerprint density at radius 2 is 2.05 bits per heavy atom. The summed E-state index contributed by atoms with van der Waals surface area (Å²) < 4.78 is 13.0. The number of amides is 1. The highest BCUT2D eigenvalue weighted by Gasteiger charge is 2.22. The molecule has 19 heavy (non-hydrogen) atoms. The highest BCUT2D eigenvalue weighted by molar-refractivity contribution is 5.95. The Morgan fingerprint density at radius 3 is 2.63 bits per heavy atom. The number of carbonyl (C=O) groups excluding carboxylic acids is 1. The molecule has 1 saturated heterocycles. The summed E-state index contributed by atoms with van der Waals surface area (Å²) in [6.07, 6.45) is 0. The van der Waals surface area contributed by atoms with Gasteiger partial charge in [-0.3, -0.25) is 9.69 Å². The van der Waals surface area contributed by atoms with Crippen molar-refractivity contribution >= 4 is 5.91 Å². The van der Waals surface area contributed by atoms with E-state index in [1.807, 2.05) is 4.90 Å². The van der Waals surface area contributed by atoms with Crippen LogP contribution in [0.2, 0.25) is 0 Å². The van der Waals surface area contributed by atoms with E-state index >= 15 is 0 Å². The fourth-order valence-corrected chi connectivity index (χ4v) is 2.25. The van der Waals surface area contributed by atoms with Crippen LogP contribution >= 0.6 is 0 Å². The van der Waals surface area contributed by atoms with E-state index in [0.717, 1.165) is 0 Å². The Labute approximate surface area is 112 Å².